The van der Waals surface area contributed by atoms with Gasteiger partial charge >= 0.3 is 0 Å². The van der Waals surface area contributed by atoms with Crippen molar-refractivity contribution in [1.29, 1.82) is 0 Å². The number of hydrogen-bond donors (Lipinski definition) is 2. The van der Waals surface area contributed by atoms with Crippen LogP contribution in [0.2, 0.25) is 0 Å². The molecular weight excluding hydrogens is 332 g/mol. The van der Waals surface area contributed by atoms with Crippen LogP contribution in [0.5, 0.6) is 5.75 Å². The molecule has 0 unspecified atom stereocenters. The molecule has 0 aliphatic carbocycles. The fourth-order valence-electron chi connectivity index (χ4n) is 1.62. The average Bonchev–Trinajstić information content (AvgIpc) is 3.00. The van der Waals surface area contributed by atoms with Crippen LogP contribution in [0, 0.1) is 0 Å². The number of aryl methyl sites for hydroxylation is 1. The molecule has 0 radical (unpaired) electrons. The molecule has 23 heavy (non-hydrogen) atoms. The van der Waals surface area contributed by atoms with Crippen LogP contribution in [-0.2, 0) is 11.2 Å². The third-order valence-corrected chi connectivity index (χ3v) is 3.96. The lowest BCUT2D eigenvalue weighted by Crippen LogP contribution is -2.32. The highest BCUT2D eigenvalue weighted by atomic mass is 32.1. The van der Waals surface area contributed by atoms with Gasteiger partial charge in [0.05, 0.1) is 7.11 Å². The summed E-state index contributed by atoms with van der Waals surface area (Å²) < 4.78 is 5.07. The first-order valence-electron chi connectivity index (χ1n) is 6.87. The van der Waals surface area contributed by atoms with Gasteiger partial charge in [0.2, 0.25) is 11.0 Å². The number of nitrogens with zero attached hydrogens (tertiary/aromatic N) is 2. The predicted molar refractivity (Wildman–Crippen MR) is 95.7 cm³/mol. The number of amides is 1. The molecule has 0 aliphatic heterocycles. The van der Waals surface area contributed by atoms with Crippen LogP contribution in [0.25, 0.3) is 6.08 Å². The van der Waals surface area contributed by atoms with Gasteiger partial charge in [-0.05, 0) is 42.4 Å². The molecule has 1 aromatic carbocycles. The maximum Gasteiger partial charge on any atom is 0.250 e. The molecule has 120 valence electrons. The number of rotatable bonds is 5. The van der Waals surface area contributed by atoms with E-state index in [2.05, 4.69) is 20.8 Å². The summed E-state index contributed by atoms with van der Waals surface area (Å²) in [6.07, 6.45) is 3.91. The zero-order valence-electron chi connectivity index (χ0n) is 12.7. The largest absolute Gasteiger partial charge is 0.497 e. The number of nitrogens with one attached hydrogen (secondary N) is 2. The molecule has 1 amide bonds. The monoisotopic (exact) mass is 348 g/mol. The van der Waals surface area contributed by atoms with Crippen LogP contribution in [0.3, 0.4) is 0 Å². The van der Waals surface area contributed by atoms with Crippen molar-refractivity contribution in [2.75, 3.05) is 12.4 Å². The van der Waals surface area contributed by atoms with E-state index in [0.29, 0.717) is 5.13 Å². The lowest BCUT2D eigenvalue weighted by atomic mass is 10.2. The summed E-state index contributed by atoms with van der Waals surface area (Å²) in [6, 6.07) is 7.36. The summed E-state index contributed by atoms with van der Waals surface area (Å²) >= 11 is 6.47. The SMILES string of the molecule is CCc1nnc(NC(=S)NC(=O)/C=C/c2ccc(OC)cc2)s1. The minimum Gasteiger partial charge on any atom is -0.497 e. The molecule has 8 heteroatoms. The Morgan fingerprint density at radius 2 is 2.09 bits per heavy atom. The van der Waals surface area contributed by atoms with E-state index < -0.39 is 0 Å². The summed E-state index contributed by atoms with van der Waals surface area (Å²) in [6.45, 7) is 1.99. The van der Waals surface area contributed by atoms with Crippen molar-refractivity contribution in [3.63, 3.8) is 0 Å². The van der Waals surface area contributed by atoms with Crippen LogP contribution in [-0.4, -0.2) is 28.3 Å². The second kappa shape index (κ2) is 8.35. The van der Waals surface area contributed by atoms with E-state index >= 15 is 0 Å². The summed E-state index contributed by atoms with van der Waals surface area (Å²) in [5, 5.41) is 14.9. The van der Waals surface area contributed by atoms with Gasteiger partial charge in [-0.3, -0.25) is 10.1 Å². The van der Waals surface area contributed by atoms with Crippen molar-refractivity contribution in [2.45, 2.75) is 13.3 Å². The number of aromatic nitrogens is 2. The van der Waals surface area contributed by atoms with Crippen LogP contribution >= 0.6 is 23.6 Å². The number of hydrogen-bond acceptors (Lipinski definition) is 6. The van der Waals surface area contributed by atoms with Gasteiger partial charge in [-0.25, -0.2) is 0 Å². The minimum atomic E-state index is -0.321. The standard InChI is InChI=1S/C15H16N4O2S2/c1-3-13-18-19-15(23-13)17-14(22)16-12(20)9-6-10-4-7-11(21-2)8-5-10/h4-9H,3H2,1-2H3,(H2,16,17,19,20,22)/b9-6+. The predicted octanol–water partition coefficient (Wildman–Crippen LogP) is 2.64. The highest BCUT2D eigenvalue weighted by Crippen LogP contribution is 2.15. The van der Waals surface area contributed by atoms with Gasteiger partial charge in [-0.15, -0.1) is 10.2 Å². The topological polar surface area (TPSA) is 76.1 Å². The van der Waals surface area contributed by atoms with Gasteiger partial charge in [-0.1, -0.05) is 30.4 Å². The molecular formula is C15H16N4O2S2. The summed E-state index contributed by atoms with van der Waals surface area (Å²) in [7, 11) is 1.60. The number of anilines is 1. The first-order valence-corrected chi connectivity index (χ1v) is 8.09. The number of ether oxygens (including phenoxy) is 1. The van der Waals surface area contributed by atoms with Crippen molar-refractivity contribution in [1.82, 2.24) is 15.5 Å². The molecule has 0 saturated heterocycles. The zero-order chi connectivity index (χ0) is 16.7. The Balaban J connectivity index is 1.85. The Kier molecular flexibility index (Phi) is 6.19. The van der Waals surface area contributed by atoms with Gasteiger partial charge in [0.15, 0.2) is 5.11 Å². The maximum absolute atomic E-state index is 11.8. The summed E-state index contributed by atoms with van der Waals surface area (Å²) in [5.74, 6) is 0.444. The van der Waals surface area contributed by atoms with Crippen LogP contribution in [0.1, 0.15) is 17.5 Å². The smallest absolute Gasteiger partial charge is 0.250 e. The fourth-order valence-corrected chi connectivity index (χ4v) is 2.56. The van der Waals surface area contributed by atoms with Crippen molar-refractivity contribution in [2.24, 2.45) is 0 Å². The molecule has 0 spiro atoms. The second-order valence-electron chi connectivity index (χ2n) is 4.40. The van der Waals surface area contributed by atoms with E-state index in [4.69, 9.17) is 17.0 Å². The molecule has 2 rings (SSSR count). The molecule has 2 aromatic rings. The van der Waals surface area contributed by atoms with Crippen molar-refractivity contribution in [3.8, 4) is 5.75 Å². The zero-order valence-corrected chi connectivity index (χ0v) is 14.3. The number of thiocarbonyl (C=S) groups is 1. The molecule has 1 heterocycles. The normalized spacial score (nSPS) is 10.5. The van der Waals surface area contributed by atoms with E-state index in [1.807, 2.05) is 31.2 Å². The molecule has 1 aromatic heterocycles. The van der Waals surface area contributed by atoms with Gasteiger partial charge in [0.25, 0.3) is 0 Å². The number of benzene rings is 1. The molecule has 0 bridgehead atoms. The lowest BCUT2D eigenvalue weighted by Gasteiger charge is -2.04. The Labute approximate surface area is 143 Å². The van der Waals surface area contributed by atoms with Gasteiger partial charge < -0.3 is 10.1 Å². The van der Waals surface area contributed by atoms with Crippen LogP contribution < -0.4 is 15.4 Å². The van der Waals surface area contributed by atoms with Gasteiger partial charge in [0.1, 0.15) is 10.8 Å². The van der Waals surface area contributed by atoms with E-state index in [0.717, 1.165) is 22.7 Å². The molecule has 0 saturated carbocycles. The molecule has 0 atom stereocenters. The van der Waals surface area contributed by atoms with Crippen molar-refractivity contribution in [3.05, 3.63) is 40.9 Å². The minimum absolute atomic E-state index is 0.188. The fraction of sp³-hybridized carbons (Fsp3) is 0.200. The van der Waals surface area contributed by atoms with E-state index in [1.54, 1.807) is 13.2 Å². The summed E-state index contributed by atoms with van der Waals surface area (Å²) in [4.78, 5) is 11.8. The Morgan fingerprint density at radius 3 is 2.70 bits per heavy atom. The number of carbonyl (C=O) groups is 1. The molecule has 6 nitrogen and oxygen atoms in total. The highest BCUT2D eigenvalue weighted by molar-refractivity contribution is 7.80. The third kappa shape index (κ3) is 5.42. The maximum atomic E-state index is 11.8. The lowest BCUT2D eigenvalue weighted by molar-refractivity contribution is -0.115. The first-order chi connectivity index (χ1) is 11.1. The van der Waals surface area contributed by atoms with Crippen LogP contribution in [0.4, 0.5) is 5.13 Å². The van der Waals surface area contributed by atoms with E-state index in [-0.39, 0.29) is 11.0 Å². The number of carbonyl (C=O) groups excluding carboxylic acids is 1. The second-order valence-corrected chi connectivity index (χ2v) is 5.87. The highest BCUT2D eigenvalue weighted by Gasteiger charge is 2.06. The Morgan fingerprint density at radius 1 is 1.35 bits per heavy atom. The third-order valence-electron chi connectivity index (χ3n) is 2.77. The Bertz CT molecular complexity index is 711. The summed E-state index contributed by atoms with van der Waals surface area (Å²) in [5.41, 5.74) is 0.886. The average molecular weight is 348 g/mol. The molecule has 2 N–H and O–H groups in total. The quantitative estimate of drug-likeness (QED) is 0.639. The van der Waals surface area contributed by atoms with E-state index in [1.165, 1.54) is 17.4 Å². The molecule has 0 aliphatic rings. The molecule has 0 fully saturated rings. The number of methoxy groups -OCH3 is 1. The van der Waals surface area contributed by atoms with Crippen LogP contribution in [0.15, 0.2) is 30.3 Å². The first kappa shape index (κ1) is 17.0. The van der Waals surface area contributed by atoms with Crippen molar-refractivity contribution < 1.29 is 9.53 Å². The van der Waals surface area contributed by atoms with Gasteiger partial charge in [0, 0.05) is 6.08 Å². The van der Waals surface area contributed by atoms with E-state index in [9.17, 15) is 4.79 Å². The van der Waals surface area contributed by atoms with Gasteiger partial charge in [-0.2, -0.15) is 0 Å². The Hall–Kier alpha value is -2.32. The van der Waals surface area contributed by atoms with Crippen molar-refractivity contribution >= 4 is 45.8 Å².